The molecule has 0 unspecified atom stereocenters. The number of allylic oxidation sites excluding steroid dienone is 3. The minimum Gasteiger partial charge on any atom is -0.468 e. The number of benzene rings is 1. The molecule has 1 aliphatic carbocycles. The fourth-order valence-corrected chi connectivity index (χ4v) is 4.84. The number of carbonyl (C=O) groups excluding carboxylic acids is 3. The first kappa shape index (κ1) is 24.0. The predicted molar refractivity (Wildman–Crippen MR) is 120 cm³/mol. The van der Waals surface area contributed by atoms with Gasteiger partial charge in [-0.1, -0.05) is 26.0 Å². The molecule has 0 fully saturated rings. The minimum atomic E-state index is -0.958. The van der Waals surface area contributed by atoms with E-state index in [2.05, 4.69) is 5.32 Å². The second-order valence-electron chi connectivity index (χ2n) is 7.92. The van der Waals surface area contributed by atoms with E-state index in [1.807, 2.05) is 13.8 Å². The molecule has 0 aromatic heterocycles. The van der Waals surface area contributed by atoms with Crippen LogP contribution in [0.2, 0.25) is 0 Å². The molecule has 1 aromatic carbocycles. The number of ether oxygens (including phenoxy) is 2. The Kier molecular flexibility index (Phi) is 7.77. The van der Waals surface area contributed by atoms with E-state index in [9.17, 15) is 18.8 Å². The van der Waals surface area contributed by atoms with Crippen molar-refractivity contribution in [3.05, 3.63) is 58.2 Å². The van der Waals surface area contributed by atoms with Gasteiger partial charge in [0.2, 0.25) is 0 Å². The summed E-state index contributed by atoms with van der Waals surface area (Å²) in [6, 6.07) is 5.70. The summed E-state index contributed by atoms with van der Waals surface area (Å²) >= 11 is 1.66. The van der Waals surface area contributed by atoms with Gasteiger partial charge in [-0.25, -0.2) is 9.18 Å². The van der Waals surface area contributed by atoms with Gasteiger partial charge < -0.3 is 14.8 Å². The molecule has 1 heterocycles. The van der Waals surface area contributed by atoms with Gasteiger partial charge in [-0.05, 0) is 42.7 Å². The molecule has 0 bridgehead atoms. The number of hydrogen-bond donors (Lipinski definition) is 1. The number of Topliss-reactive ketones (excluding diaryl/α,β-unsaturated/α-hetero) is 1. The molecule has 0 saturated carbocycles. The Morgan fingerprint density at radius 1 is 1.25 bits per heavy atom. The fraction of sp³-hybridized carbons (Fsp3) is 0.458. The van der Waals surface area contributed by atoms with Crippen LogP contribution < -0.4 is 5.32 Å². The van der Waals surface area contributed by atoms with E-state index in [0.717, 1.165) is 5.75 Å². The molecule has 8 heteroatoms. The summed E-state index contributed by atoms with van der Waals surface area (Å²) in [5.41, 5.74) is 2.48. The third-order valence-electron chi connectivity index (χ3n) is 5.83. The standard InChI is InChI=1S/C24H28FNO5S/c1-5-32-11-10-31-24(29)19-14(3)26-17-12-13(2)18(23(28)30-4)22(27)21(17)20(19)15-6-8-16(25)9-7-15/h6-9,13,18,20,26H,5,10-12H2,1-4H3/t13-,18-,20+/m1/s1. The first-order chi connectivity index (χ1) is 15.3. The van der Waals surface area contributed by atoms with Gasteiger partial charge in [0.05, 0.1) is 12.7 Å². The number of esters is 2. The van der Waals surface area contributed by atoms with Crippen molar-refractivity contribution in [2.45, 2.75) is 33.1 Å². The lowest BCUT2D eigenvalue weighted by Gasteiger charge is -2.38. The molecule has 0 amide bonds. The number of thioether (sulfide) groups is 1. The van der Waals surface area contributed by atoms with Crippen molar-refractivity contribution in [1.29, 1.82) is 0 Å². The maximum Gasteiger partial charge on any atom is 0.336 e. The van der Waals surface area contributed by atoms with Gasteiger partial charge in [-0.15, -0.1) is 0 Å². The molecule has 2 aliphatic rings. The van der Waals surface area contributed by atoms with Crippen LogP contribution in [0.15, 0.2) is 46.8 Å². The van der Waals surface area contributed by atoms with Crippen LogP contribution in [0.4, 0.5) is 4.39 Å². The molecule has 0 spiro atoms. The zero-order valence-corrected chi connectivity index (χ0v) is 19.5. The second-order valence-corrected chi connectivity index (χ2v) is 9.31. The molecule has 1 aromatic rings. The highest BCUT2D eigenvalue weighted by Crippen LogP contribution is 2.45. The van der Waals surface area contributed by atoms with Crippen molar-refractivity contribution in [3.8, 4) is 0 Å². The highest BCUT2D eigenvalue weighted by molar-refractivity contribution is 7.99. The Morgan fingerprint density at radius 2 is 1.94 bits per heavy atom. The number of rotatable bonds is 7. The lowest BCUT2D eigenvalue weighted by Crippen LogP contribution is -2.43. The molecular formula is C24H28FNO5S. The molecule has 3 rings (SSSR count). The maximum absolute atomic E-state index is 13.6. The molecule has 1 aliphatic heterocycles. The lowest BCUT2D eigenvalue weighted by molar-refractivity contribution is -0.151. The number of methoxy groups -OCH3 is 1. The quantitative estimate of drug-likeness (QED) is 0.376. The zero-order valence-electron chi connectivity index (χ0n) is 18.7. The number of hydrogen-bond acceptors (Lipinski definition) is 7. The van der Waals surface area contributed by atoms with Crippen molar-refractivity contribution in [3.63, 3.8) is 0 Å². The predicted octanol–water partition coefficient (Wildman–Crippen LogP) is 3.74. The molecule has 3 atom stereocenters. The Balaban J connectivity index is 2.06. The van der Waals surface area contributed by atoms with Crippen LogP contribution in [0.5, 0.6) is 0 Å². The van der Waals surface area contributed by atoms with Gasteiger partial charge in [0, 0.05) is 28.6 Å². The number of halogens is 1. The largest absolute Gasteiger partial charge is 0.468 e. The van der Waals surface area contributed by atoms with E-state index in [1.54, 1.807) is 30.8 Å². The molecule has 1 N–H and O–H groups in total. The summed E-state index contributed by atoms with van der Waals surface area (Å²) in [6.45, 7) is 5.85. The third-order valence-corrected chi connectivity index (χ3v) is 6.69. The van der Waals surface area contributed by atoms with Gasteiger partial charge in [0.15, 0.2) is 5.78 Å². The van der Waals surface area contributed by atoms with Gasteiger partial charge in [0.1, 0.15) is 18.3 Å². The van der Waals surface area contributed by atoms with Gasteiger partial charge >= 0.3 is 11.9 Å². The topological polar surface area (TPSA) is 81.7 Å². The minimum absolute atomic E-state index is 0.242. The normalized spacial score (nSPS) is 22.9. The molecule has 172 valence electrons. The average molecular weight is 462 g/mol. The molecule has 0 saturated heterocycles. The van der Waals surface area contributed by atoms with Crippen LogP contribution >= 0.6 is 11.8 Å². The zero-order chi connectivity index (χ0) is 23.4. The van der Waals surface area contributed by atoms with Crippen LogP contribution in [0.3, 0.4) is 0 Å². The van der Waals surface area contributed by atoms with E-state index < -0.39 is 29.6 Å². The van der Waals surface area contributed by atoms with E-state index in [-0.39, 0.29) is 18.3 Å². The third kappa shape index (κ3) is 4.75. The number of ketones is 1. The van der Waals surface area contributed by atoms with Crippen LogP contribution in [-0.4, -0.2) is 42.9 Å². The van der Waals surface area contributed by atoms with Crippen molar-refractivity contribution in [1.82, 2.24) is 5.32 Å². The fourth-order valence-electron chi connectivity index (χ4n) is 4.36. The summed E-state index contributed by atoms with van der Waals surface area (Å²) in [6.07, 6.45) is 0.450. The van der Waals surface area contributed by atoms with Gasteiger partial charge in [0.25, 0.3) is 0 Å². The smallest absolute Gasteiger partial charge is 0.336 e. The Labute approximate surface area is 191 Å². The molecule has 0 radical (unpaired) electrons. The Hall–Kier alpha value is -2.61. The first-order valence-electron chi connectivity index (χ1n) is 10.6. The Bertz CT molecular complexity index is 969. The molecule has 32 heavy (non-hydrogen) atoms. The Morgan fingerprint density at radius 3 is 2.56 bits per heavy atom. The summed E-state index contributed by atoms with van der Waals surface area (Å²) in [7, 11) is 1.25. The van der Waals surface area contributed by atoms with Crippen molar-refractivity contribution >= 4 is 29.5 Å². The maximum atomic E-state index is 13.6. The summed E-state index contributed by atoms with van der Waals surface area (Å²) in [5.74, 6) is -2.34. The van der Waals surface area contributed by atoms with Gasteiger partial charge in [-0.2, -0.15) is 11.8 Å². The van der Waals surface area contributed by atoms with Crippen LogP contribution in [-0.2, 0) is 23.9 Å². The van der Waals surface area contributed by atoms with Crippen LogP contribution in [0.1, 0.15) is 38.7 Å². The van der Waals surface area contributed by atoms with E-state index in [1.165, 1.54) is 19.2 Å². The monoisotopic (exact) mass is 461 g/mol. The van der Waals surface area contributed by atoms with E-state index >= 15 is 0 Å². The molecule has 6 nitrogen and oxygen atoms in total. The second kappa shape index (κ2) is 10.3. The van der Waals surface area contributed by atoms with Crippen molar-refractivity contribution < 1.29 is 28.2 Å². The highest BCUT2D eigenvalue weighted by Gasteiger charge is 2.47. The van der Waals surface area contributed by atoms with Crippen molar-refractivity contribution in [2.24, 2.45) is 11.8 Å². The van der Waals surface area contributed by atoms with Crippen molar-refractivity contribution in [2.75, 3.05) is 25.2 Å². The number of dihydropyridines is 1. The van der Waals surface area contributed by atoms with E-state index in [0.29, 0.717) is 40.3 Å². The first-order valence-corrected chi connectivity index (χ1v) is 11.8. The molecular weight excluding hydrogens is 433 g/mol. The van der Waals surface area contributed by atoms with E-state index in [4.69, 9.17) is 9.47 Å². The highest BCUT2D eigenvalue weighted by atomic mass is 32.2. The summed E-state index contributed by atoms with van der Waals surface area (Å²) in [4.78, 5) is 39.0. The SMILES string of the molecule is CCSCCOC(=O)C1=C(C)NC2=C(C(=O)[C@H](C(=O)OC)[C@H](C)C2)[C@H]1c1ccc(F)cc1. The average Bonchev–Trinajstić information content (AvgIpc) is 2.76. The summed E-state index contributed by atoms with van der Waals surface area (Å²) in [5, 5.41) is 3.21. The lowest BCUT2D eigenvalue weighted by atomic mass is 9.69. The number of nitrogens with one attached hydrogen (secondary N) is 1. The van der Waals surface area contributed by atoms with Crippen LogP contribution in [0, 0.1) is 17.7 Å². The van der Waals surface area contributed by atoms with Crippen LogP contribution in [0.25, 0.3) is 0 Å². The summed E-state index contributed by atoms with van der Waals surface area (Å²) < 4.78 is 24.0. The van der Waals surface area contributed by atoms with Gasteiger partial charge in [-0.3, -0.25) is 9.59 Å². The number of carbonyl (C=O) groups is 3.